The predicted molar refractivity (Wildman–Crippen MR) is 203 cm³/mol. The summed E-state index contributed by atoms with van der Waals surface area (Å²) in [4.78, 5) is 28.4. The van der Waals surface area contributed by atoms with Gasteiger partial charge >= 0.3 is 11.9 Å². The number of hydrogen-bond acceptors (Lipinski definition) is 8. The molecule has 7 rings (SSSR count). The van der Waals surface area contributed by atoms with E-state index in [1.165, 1.54) is 30.9 Å². The van der Waals surface area contributed by atoms with E-state index in [-0.39, 0.29) is 63.1 Å². The van der Waals surface area contributed by atoms with Crippen LogP contribution in [0.15, 0.2) is 54.6 Å². The summed E-state index contributed by atoms with van der Waals surface area (Å²) < 4.78 is 19.0. The first-order valence-electron chi connectivity index (χ1n) is 19.7. The number of carbonyl (C=O) groups is 2. The number of methoxy groups -OCH3 is 1. The van der Waals surface area contributed by atoms with Crippen molar-refractivity contribution in [3.8, 4) is 17.2 Å². The number of phenolic OH excluding ortho intramolecular Hbond substituents is 2. The molecule has 53 heavy (non-hydrogen) atoms. The van der Waals surface area contributed by atoms with Crippen LogP contribution in [0.2, 0.25) is 0 Å². The van der Waals surface area contributed by atoms with E-state index in [9.17, 15) is 24.9 Å². The molecule has 0 spiro atoms. The van der Waals surface area contributed by atoms with Gasteiger partial charge in [-0.25, -0.2) is 9.59 Å². The van der Waals surface area contributed by atoms with Crippen LogP contribution in [0.3, 0.4) is 0 Å². The van der Waals surface area contributed by atoms with Crippen LogP contribution in [0, 0.1) is 56.7 Å². The van der Waals surface area contributed by atoms with Crippen molar-refractivity contribution >= 4 is 11.9 Å². The molecular formula is C45H60O8. The second-order valence-electron chi connectivity index (χ2n) is 19.1. The van der Waals surface area contributed by atoms with Crippen LogP contribution in [-0.2, 0) is 9.47 Å². The Labute approximate surface area is 315 Å². The molecule has 12 unspecified atom stereocenters. The van der Waals surface area contributed by atoms with Crippen LogP contribution >= 0.6 is 0 Å². The molecule has 12 atom stereocenters. The molecule has 2 aromatic rings. The molecule has 0 aromatic heterocycles. The number of phenols is 2. The molecule has 2 aromatic carbocycles. The average Bonchev–Trinajstić information content (AvgIpc) is 3.45. The highest BCUT2D eigenvalue weighted by Gasteiger charge is 2.76. The van der Waals surface area contributed by atoms with Crippen LogP contribution < -0.4 is 4.74 Å². The fraction of sp³-hybridized carbons (Fsp3) is 0.644. The van der Waals surface area contributed by atoms with Crippen LogP contribution in [-0.4, -0.2) is 52.7 Å². The number of aliphatic hydroxyl groups is 1. The number of rotatable bonds is 6. The van der Waals surface area contributed by atoms with E-state index in [0.717, 1.165) is 38.5 Å². The maximum Gasteiger partial charge on any atom is 0.338 e. The number of allylic oxidation sites excluding steroid dienone is 1. The molecule has 5 aliphatic carbocycles. The fourth-order valence-corrected chi connectivity index (χ4v) is 13.7. The Morgan fingerprint density at radius 2 is 1.51 bits per heavy atom. The maximum absolute atomic E-state index is 14.3. The van der Waals surface area contributed by atoms with Gasteiger partial charge in [-0.05, 0) is 146 Å². The first-order valence-corrected chi connectivity index (χ1v) is 19.7. The molecule has 3 N–H and O–H groups in total. The minimum atomic E-state index is -0.481. The van der Waals surface area contributed by atoms with E-state index in [0.29, 0.717) is 29.9 Å². The second kappa shape index (κ2) is 12.8. The van der Waals surface area contributed by atoms with E-state index in [2.05, 4.69) is 55.0 Å². The van der Waals surface area contributed by atoms with E-state index in [1.54, 1.807) is 24.3 Å². The first-order chi connectivity index (χ1) is 24.8. The summed E-state index contributed by atoms with van der Waals surface area (Å²) in [6, 6.07) is 10.9. The van der Waals surface area contributed by atoms with E-state index < -0.39 is 35.1 Å². The van der Waals surface area contributed by atoms with Gasteiger partial charge in [-0.1, -0.05) is 53.7 Å². The Balaban J connectivity index is 1.39. The summed E-state index contributed by atoms with van der Waals surface area (Å²) in [6.07, 6.45) is 5.35. The summed E-state index contributed by atoms with van der Waals surface area (Å²) in [5.74, 6) is 0.143. The molecule has 288 valence electrons. The number of esters is 2. The van der Waals surface area contributed by atoms with Crippen molar-refractivity contribution in [3.63, 3.8) is 0 Å². The van der Waals surface area contributed by atoms with Gasteiger partial charge in [0.2, 0.25) is 0 Å². The largest absolute Gasteiger partial charge is 0.508 e. The predicted octanol–water partition coefficient (Wildman–Crippen LogP) is 9.12. The number of fused-ring (bicyclic) bond motifs is 7. The van der Waals surface area contributed by atoms with Crippen LogP contribution in [0.4, 0.5) is 0 Å². The Kier molecular flexibility index (Phi) is 9.11. The van der Waals surface area contributed by atoms with Crippen molar-refractivity contribution in [1.82, 2.24) is 0 Å². The Bertz CT molecular complexity index is 1780. The lowest BCUT2D eigenvalue weighted by Gasteiger charge is -2.74. The highest BCUT2D eigenvalue weighted by molar-refractivity contribution is 5.90. The molecule has 5 aliphatic rings. The van der Waals surface area contributed by atoms with Crippen molar-refractivity contribution in [3.05, 3.63) is 65.7 Å². The zero-order valence-electron chi connectivity index (χ0n) is 32.9. The third kappa shape index (κ3) is 5.54. The lowest BCUT2D eigenvalue weighted by Crippen LogP contribution is -2.73. The fourth-order valence-electron chi connectivity index (χ4n) is 13.7. The minimum Gasteiger partial charge on any atom is -0.508 e. The number of carbonyl (C=O) groups excluding carboxylic acids is 2. The van der Waals surface area contributed by atoms with Crippen molar-refractivity contribution in [1.29, 1.82) is 0 Å². The van der Waals surface area contributed by atoms with Crippen molar-refractivity contribution in [2.75, 3.05) is 7.11 Å². The Hall–Kier alpha value is -3.52. The number of aliphatic hydroxyl groups excluding tert-OH is 1. The lowest BCUT2D eigenvalue weighted by molar-refractivity contribution is -0.298. The van der Waals surface area contributed by atoms with E-state index in [4.69, 9.17) is 14.2 Å². The molecule has 5 saturated carbocycles. The molecule has 0 saturated heterocycles. The van der Waals surface area contributed by atoms with Gasteiger partial charge < -0.3 is 29.5 Å². The molecule has 0 amide bonds. The van der Waals surface area contributed by atoms with Crippen LogP contribution in [0.1, 0.15) is 121 Å². The SMILES string of the molecule is C=C(C)C1CCC2(C)CC(OC(=O)c3ccc(O)cc3)C3(C)C(CC(OC(=O)c4ccc(O)c(OC)c4)C4C5(C)CCC(O)C(C)(C)C5CCC43C)C12. The smallest absolute Gasteiger partial charge is 0.338 e. The molecule has 0 heterocycles. The highest BCUT2D eigenvalue weighted by atomic mass is 16.6. The highest BCUT2D eigenvalue weighted by Crippen LogP contribution is 2.78. The summed E-state index contributed by atoms with van der Waals surface area (Å²) in [7, 11) is 1.46. The standard InChI is InChI=1S/C45H60O8/c1-25(2)29-16-19-42(5)24-36(53-39(49)26-10-13-28(46)14-11-26)45(8)30(37(29)42)23-33(52-40(50)27-12-15-31(47)32(22-27)51-9)38-43(6)20-18-35(48)41(3,4)34(43)17-21-44(38,45)7/h10-15,22,29-30,33-38,46-48H,1,16-21,23-24H2,2-9H3. The monoisotopic (exact) mass is 728 g/mol. The molecule has 0 bridgehead atoms. The topological polar surface area (TPSA) is 123 Å². The van der Waals surface area contributed by atoms with Gasteiger partial charge in [0, 0.05) is 11.3 Å². The summed E-state index contributed by atoms with van der Waals surface area (Å²) in [5.41, 5.74) is 0.278. The average molecular weight is 729 g/mol. The minimum absolute atomic E-state index is 0.0443. The molecule has 0 aliphatic heterocycles. The van der Waals surface area contributed by atoms with Gasteiger partial charge in [0.25, 0.3) is 0 Å². The zero-order chi connectivity index (χ0) is 38.5. The summed E-state index contributed by atoms with van der Waals surface area (Å²) >= 11 is 0. The quantitative estimate of drug-likeness (QED) is 0.199. The second-order valence-corrected chi connectivity index (χ2v) is 19.1. The Morgan fingerprint density at radius 3 is 2.17 bits per heavy atom. The van der Waals surface area contributed by atoms with Crippen LogP contribution in [0.25, 0.3) is 0 Å². The summed E-state index contributed by atoms with van der Waals surface area (Å²) in [5, 5.41) is 31.7. The van der Waals surface area contributed by atoms with Gasteiger partial charge in [-0.15, -0.1) is 0 Å². The van der Waals surface area contributed by atoms with Gasteiger partial charge in [0.1, 0.15) is 18.0 Å². The van der Waals surface area contributed by atoms with Crippen molar-refractivity contribution < 1.29 is 39.1 Å². The van der Waals surface area contributed by atoms with E-state index >= 15 is 0 Å². The molecular weight excluding hydrogens is 668 g/mol. The van der Waals surface area contributed by atoms with Crippen molar-refractivity contribution in [2.24, 2.45) is 56.7 Å². The number of hydrogen-bond donors (Lipinski definition) is 3. The molecule has 0 radical (unpaired) electrons. The Morgan fingerprint density at radius 1 is 0.849 bits per heavy atom. The zero-order valence-corrected chi connectivity index (χ0v) is 32.9. The number of ether oxygens (including phenoxy) is 3. The van der Waals surface area contributed by atoms with Gasteiger partial charge in [0.05, 0.1) is 24.3 Å². The van der Waals surface area contributed by atoms with Crippen LogP contribution in [0.5, 0.6) is 17.2 Å². The normalized spacial score (nSPS) is 41.2. The number of aromatic hydroxyl groups is 2. The third-order valence-corrected chi connectivity index (χ3v) is 16.4. The van der Waals surface area contributed by atoms with Gasteiger partial charge in [0.15, 0.2) is 11.5 Å². The molecule has 8 heteroatoms. The molecule has 5 fully saturated rings. The van der Waals surface area contributed by atoms with Gasteiger partial charge in [-0.3, -0.25) is 0 Å². The van der Waals surface area contributed by atoms with E-state index in [1.807, 2.05) is 0 Å². The maximum atomic E-state index is 14.3. The van der Waals surface area contributed by atoms with Crippen molar-refractivity contribution in [2.45, 2.75) is 118 Å². The number of benzene rings is 2. The lowest BCUT2D eigenvalue weighted by atomic mass is 9.31. The summed E-state index contributed by atoms with van der Waals surface area (Å²) in [6.45, 7) is 20.6. The molecule has 8 nitrogen and oxygen atoms in total. The third-order valence-electron chi connectivity index (χ3n) is 16.4. The van der Waals surface area contributed by atoms with Gasteiger partial charge in [-0.2, -0.15) is 0 Å². The first kappa shape index (κ1) is 37.8.